The van der Waals surface area contributed by atoms with E-state index < -0.39 is 0 Å². The molecule has 1 saturated carbocycles. The molecule has 0 aromatic heterocycles. The minimum Gasteiger partial charge on any atom is -0.393 e. The van der Waals surface area contributed by atoms with Crippen molar-refractivity contribution in [2.45, 2.75) is 98.2 Å². The standard InChI is InChI=1S/C28H42O2/c1-16(2)17(3)7-8-18(4)24-11-12-25-23-13-20-9-10-21(29)14-22(20)19(5)27(23)26(30)15-28(24,25)6/h7-8,13,16-18,21,24-26,29-30H,9-12,14-15H2,1-6H3/b8-7+/t17-,18+,21-,24-,25+,26+,28+/m0/s1. The van der Waals surface area contributed by atoms with Gasteiger partial charge in [-0.15, -0.1) is 0 Å². The molecule has 166 valence electrons. The number of hydrogen-bond donors (Lipinski definition) is 2. The molecule has 0 saturated heterocycles. The fraction of sp³-hybridized carbons (Fsp3) is 0.714. The third-order valence-electron chi connectivity index (χ3n) is 9.23. The van der Waals surface area contributed by atoms with E-state index in [1.807, 2.05) is 0 Å². The van der Waals surface area contributed by atoms with Gasteiger partial charge in [-0.3, -0.25) is 0 Å². The Balaban J connectivity index is 1.67. The van der Waals surface area contributed by atoms with Gasteiger partial charge in [0, 0.05) is 0 Å². The fourth-order valence-corrected chi connectivity index (χ4v) is 7.03. The van der Waals surface area contributed by atoms with Gasteiger partial charge in [0.1, 0.15) is 0 Å². The highest BCUT2D eigenvalue weighted by atomic mass is 16.3. The molecular weight excluding hydrogens is 368 g/mol. The second-order valence-electron chi connectivity index (χ2n) is 11.3. The zero-order valence-electron chi connectivity index (χ0n) is 19.9. The molecule has 1 fully saturated rings. The van der Waals surface area contributed by atoms with Gasteiger partial charge in [0.05, 0.1) is 12.2 Å². The number of aliphatic hydroxyl groups excluding tert-OH is 2. The van der Waals surface area contributed by atoms with E-state index in [9.17, 15) is 10.2 Å². The van der Waals surface area contributed by atoms with Crippen molar-refractivity contribution >= 4 is 0 Å². The van der Waals surface area contributed by atoms with Crippen LogP contribution in [0.25, 0.3) is 0 Å². The molecule has 1 aromatic rings. The third kappa shape index (κ3) is 3.58. The van der Waals surface area contributed by atoms with Crippen LogP contribution in [0.2, 0.25) is 0 Å². The van der Waals surface area contributed by atoms with Crippen molar-refractivity contribution in [1.29, 1.82) is 0 Å². The first-order chi connectivity index (χ1) is 14.1. The Hall–Kier alpha value is -1.12. The van der Waals surface area contributed by atoms with E-state index in [0.29, 0.717) is 29.6 Å². The first-order valence-electron chi connectivity index (χ1n) is 12.3. The van der Waals surface area contributed by atoms with Crippen LogP contribution in [0.5, 0.6) is 0 Å². The Kier molecular flexibility index (Phi) is 5.96. The number of allylic oxidation sites excluding steroid dienone is 2. The van der Waals surface area contributed by atoms with Gasteiger partial charge in [-0.1, -0.05) is 52.8 Å². The van der Waals surface area contributed by atoms with Gasteiger partial charge >= 0.3 is 0 Å². The van der Waals surface area contributed by atoms with Crippen molar-refractivity contribution in [3.8, 4) is 0 Å². The highest BCUT2D eigenvalue weighted by Crippen LogP contribution is 2.63. The van der Waals surface area contributed by atoms with E-state index in [1.165, 1.54) is 40.7 Å². The molecule has 4 rings (SSSR count). The van der Waals surface area contributed by atoms with Gasteiger partial charge in [0.2, 0.25) is 0 Å². The van der Waals surface area contributed by atoms with Crippen LogP contribution in [0.15, 0.2) is 18.2 Å². The first-order valence-corrected chi connectivity index (χ1v) is 12.3. The lowest BCUT2D eigenvalue weighted by Gasteiger charge is -2.46. The number of aryl methyl sites for hydroxylation is 1. The quantitative estimate of drug-likeness (QED) is 0.575. The van der Waals surface area contributed by atoms with Crippen LogP contribution < -0.4 is 0 Å². The third-order valence-corrected chi connectivity index (χ3v) is 9.23. The summed E-state index contributed by atoms with van der Waals surface area (Å²) in [5, 5.41) is 21.5. The van der Waals surface area contributed by atoms with Crippen LogP contribution >= 0.6 is 0 Å². The average molecular weight is 411 g/mol. The second-order valence-corrected chi connectivity index (χ2v) is 11.3. The van der Waals surface area contributed by atoms with Crippen molar-refractivity contribution in [1.82, 2.24) is 0 Å². The number of hydrogen-bond acceptors (Lipinski definition) is 2. The van der Waals surface area contributed by atoms with E-state index in [4.69, 9.17) is 0 Å². The van der Waals surface area contributed by atoms with E-state index in [1.54, 1.807) is 0 Å². The second kappa shape index (κ2) is 8.10. The average Bonchev–Trinajstić information content (AvgIpc) is 3.03. The summed E-state index contributed by atoms with van der Waals surface area (Å²) < 4.78 is 0. The SMILES string of the molecule is Cc1c2c(cc3c1[C@H](O)C[C@@]1(C)[C@@H]3CC[C@H]1[C@H](C)/C=C/[C@H](C)C(C)C)CC[C@H](O)C2. The summed E-state index contributed by atoms with van der Waals surface area (Å²) in [5.74, 6) is 3.01. The molecule has 2 nitrogen and oxygen atoms in total. The fourth-order valence-electron chi connectivity index (χ4n) is 7.03. The van der Waals surface area contributed by atoms with Crippen LogP contribution in [0, 0.1) is 36.0 Å². The first kappa shape index (κ1) is 22.1. The van der Waals surface area contributed by atoms with Crippen molar-refractivity contribution in [3.05, 3.63) is 46.0 Å². The maximum Gasteiger partial charge on any atom is 0.0801 e. The lowest BCUT2D eigenvalue weighted by molar-refractivity contribution is 0.0437. The smallest absolute Gasteiger partial charge is 0.0801 e. The predicted molar refractivity (Wildman–Crippen MR) is 125 cm³/mol. The summed E-state index contributed by atoms with van der Waals surface area (Å²) in [6, 6.07) is 2.43. The Morgan fingerprint density at radius 1 is 1.07 bits per heavy atom. The van der Waals surface area contributed by atoms with Gasteiger partial charge in [0.15, 0.2) is 0 Å². The number of rotatable bonds is 4. The maximum atomic E-state index is 11.3. The number of benzene rings is 1. The molecular formula is C28H42O2. The van der Waals surface area contributed by atoms with E-state index in [-0.39, 0.29) is 17.6 Å². The van der Waals surface area contributed by atoms with Crippen LogP contribution in [0.1, 0.15) is 100 Å². The van der Waals surface area contributed by atoms with Crippen LogP contribution in [0.4, 0.5) is 0 Å². The van der Waals surface area contributed by atoms with Gasteiger partial charge < -0.3 is 10.2 Å². The highest BCUT2D eigenvalue weighted by Gasteiger charge is 2.53. The molecule has 0 aliphatic heterocycles. The molecule has 7 atom stereocenters. The largest absolute Gasteiger partial charge is 0.393 e. The molecule has 2 N–H and O–H groups in total. The molecule has 0 spiro atoms. The minimum absolute atomic E-state index is 0.159. The Bertz CT molecular complexity index is 822. The van der Waals surface area contributed by atoms with Gasteiger partial charge in [-0.25, -0.2) is 0 Å². The number of fused-ring (bicyclic) bond motifs is 4. The van der Waals surface area contributed by atoms with Gasteiger partial charge in [0.25, 0.3) is 0 Å². The minimum atomic E-state index is -0.378. The van der Waals surface area contributed by atoms with Crippen LogP contribution in [-0.4, -0.2) is 16.3 Å². The summed E-state index contributed by atoms with van der Waals surface area (Å²) in [6.45, 7) is 13.9. The molecule has 0 unspecified atom stereocenters. The van der Waals surface area contributed by atoms with Gasteiger partial charge in [-0.2, -0.15) is 0 Å². The Morgan fingerprint density at radius 3 is 2.50 bits per heavy atom. The molecule has 3 aliphatic carbocycles. The normalized spacial score (nSPS) is 35.2. The molecule has 0 heterocycles. The van der Waals surface area contributed by atoms with Crippen molar-refractivity contribution in [2.75, 3.05) is 0 Å². The summed E-state index contributed by atoms with van der Waals surface area (Å²) in [5.41, 5.74) is 6.78. The van der Waals surface area contributed by atoms with Crippen molar-refractivity contribution in [2.24, 2.45) is 29.1 Å². The maximum absolute atomic E-state index is 11.3. The monoisotopic (exact) mass is 410 g/mol. The Labute approximate surface area is 183 Å². The molecule has 3 aliphatic rings. The number of aliphatic hydroxyl groups is 2. The van der Waals surface area contributed by atoms with E-state index in [0.717, 1.165) is 25.7 Å². The zero-order valence-corrected chi connectivity index (χ0v) is 19.9. The summed E-state index contributed by atoms with van der Waals surface area (Å²) in [4.78, 5) is 0. The molecule has 0 amide bonds. The zero-order chi connectivity index (χ0) is 21.8. The highest BCUT2D eigenvalue weighted by molar-refractivity contribution is 5.51. The van der Waals surface area contributed by atoms with Crippen LogP contribution in [-0.2, 0) is 12.8 Å². The lowest BCUT2D eigenvalue weighted by Crippen LogP contribution is -2.37. The van der Waals surface area contributed by atoms with Crippen molar-refractivity contribution in [3.63, 3.8) is 0 Å². The summed E-state index contributed by atoms with van der Waals surface area (Å²) in [6.07, 6.45) is 10.2. The van der Waals surface area contributed by atoms with Crippen molar-refractivity contribution < 1.29 is 10.2 Å². The topological polar surface area (TPSA) is 40.5 Å². The molecule has 0 radical (unpaired) electrons. The van der Waals surface area contributed by atoms with E-state index >= 15 is 0 Å². The summed E-state index contributed by atoms with van der Waals surface area (Å²) in [7, 11) is 0. The Morgan fingerprint density at radius 2 is 1.80 bits per heavy atom. The molecule has 30 heavy (non-hydrogen) atoms. The van der Waals surface area contributed by atoms with E-state index in [2.05, 4.69) is 59.8 Å². The molecule has 2 heteroatoms. The van der Waals surface area contributed by atoms with Crippen LogP contribution in [0.3, 0.4) is 0 Å². The molecule has 1 aromatic carbocycles. The summed E-state index contributed by atoms with van der Waals surface area (Å²) >= 11 is 0. The lowest BCUT2D eigenvalue weighted by atomic mass is 9.59. The predicted octanol–water partition coefficient (Wildman–Crippen LogP) is 6.27. The van der Waals surface area contributed by atoms with Gasteiger partial charge in [-0.05, 0) is 108 Å². The molecule has 0 bridgehead atoms.